The van der Waals surface area contributed by atoms with Gasteiger partial charge in [0.2, 0.25) is 0 Å². The molecule has 0 radical (unpaired) electrons. The number of rotatable bonds is 5. The number of anilines is 1. The van der Waals surface area contributed by atoms with E-state index in [0.717, 1.165) is 6.42 Å². The number of aromatic nitrogens is 1. The highest BCUT2D eigenvalue weighted by molar-refractivity contribution is 6.04. The van der Waals surface area contributed by atoms with Crippen LogP contribution in [-0.4, -0.2) is 23.3 Å². The molecule has 2 N–H and O–H groups in total. The molecule has 1 heterocycles. The van der Waals surface area contributed by atoms with E-state index in [4.69, 9.17) is 5.26 Å². The molecule has 0 spiro atoms. The lowest BCUT2D eigenvalue weighted by atomic mass is 10.2. The Morgan fingerprint density at radius 3 is 2.48 bits per heavy atom. The van der Waals surface area contributed by atoms with E-state index in [9.17, 15) is 9.59 Å². The van der Waals surface area contributed by atoms with Crippen molar-refractivity contribution in [2.75, 3.05) is 11.9 Å². The summed E-state index contributed by atoms with van der Waals surface area (Å²) in [6, 6.07) is 13.3. The summed E-state index contributed by atoms with van der Waals surface area (Å²) in [7, 11) is 0. The molecule has 0 saturated carbocycles. The second-order valence-corrected chi connectivity index (χ2v) is 4.78. The number of para-hydroxylation sites is 1. The second-order valence-electron chi connectivity index (χ2n) is 4.78. The van der Waals surface area contributed by atoms with Crippen LogP contribution >= 0.6 is 0 Å². The first-order valence-corrected chi connectivity index (χ1v) is 7.21. The average molecular weight is 308 g/mol. The average Bonchev–Trinajstić information content (AvgIpc) is 2.60. The van der Waals surface area contributed by atoms with E-state index in [0.29, 0.717) is 17.8 Å². The minimum atomic E-state index is -0.474. The fourth-order valence-electron chi connectivity index (χ4n) is 1.89. The summed E-state index contributed by atoms with van der Waals surface area (Å²) < 4.78 is 0. The third-order valence-corrected chi connectivity index (χ3v) is 3.05. The van der Waals surface area contributed by atoms with Crippen LogP contribution in [0.5, 0.6) is 0 Å². The Morgan fingerprint density at radius 1 is 1.09 bits per heavy atom. The Labute approximate surface area is 134 Å². The lowest BCUT2D eigenvalue weighted by molar-refractivity contribution is 0.0948. The van der Waals surface area contributed by atoms with Gasteiger partial charge in [-0.05, 0) is 30.7 Å². The number of amides is 2. The molecular weight excluding hydrogens is 292 g/mol. The molecule has 0 aliphatic heterocycles. The van der Waals surface area contributed by atoms with Crippen molar-refractivity contribution >= 4 is 17.5 Å². The van der Waals surface area contributed by atoms with Crippen molar-refractivity contribution in [3.63, 3.8) is 0 Å². The van der Waals surface area contributed by atoms with Crippen LogP contribution in [0.15, 0.2) is 42.5 Å². The van der Waals surface area contributed by atoms with Crippen molar-refractivity contribution in [3.05, 3.63) is 59.4 Å². The first kappa shape index (κ1) is 16.2. The quantitative estimate of drug-likeness (QED) is 0.886. The number of carbonyl (C=O) groups excluding carboxylic acids is 2. The molecule has 0 aliphatic rings. The largest absolute Gasteiger partial charge is 0.351 e. The lowest BCUT2D eigenvalue weighted by Crippen LogP contribution is -2.26. The van der Waals surface area contributed by atoms with Gasteiger partial charge in [0, 0.05) is 6.54 Å². The summed E-state index contributed by atoms with van der Waals surface area (Å²) in [5, 5.41) is 14.4. The van der Waals surface area contributed by atoms with Gasteiger partial charge in [-0.25, -0.2) is 4.98 Å². The smallest absolute Gasteiger partial charge is 0.274 e. The van der Waals surface area contributed by atoms with Gasteiger partial charge in [-0.3, -0.25) is 9.59 Å². The highest BCUT2D eigenvalue weighted by Crippen LogP contribution is 2.14. The zero-order valence-corrected chi connectivity index (χ0v) is 12.7. The van der Waals surface area contributed by atoms with Gasteiger partial charge < -0.3 is 10.6 Å². The van der Waals surface area contributed by atoms with Gasteiger partial charge in [-0.2, -0.15) is 5.26 Å². The maximum atomic E-state index is 12.3. The standard InChI is InChI=1S/C17H16N4O2/c1-2-10-19-16(22)14-8-5-9-15(20-14)17(23)21-13-7-4-3-6-12(13)11-18/h3-9H,2,10H2,1H3,(H,19,22)(H,21,23). The molecule has 0 atom stereocenters. The highest BCUT2D eigenvalue weighted by Gasteiger charge is 2.13. The van der Waals surface area contributed by atoms with Gasteiger partial charge in [-0.15, -0.1) is 0 Å². The molecular formula is C17H16N4O2. The molecule has 2 rings (SSSR count). The minimum Gasteiger partial charge on any atom is -0.351 e. The highest BCUT2D eigenvalue weighted by atomic mass is 16.2. The van der Waals surface area contributed by atoms with Gasteiger partial charge in [0.1, 0.15) is 17.5 Å². The number of carbonyl (C=O) groups is 2. The molecule has 116 valence electrons. The van der Waals surface area contributed by atoms with E-state index in [1.165, 1.54) is 6.07 Å². The Bertz CT molecular complexity index is 765. The predicted octanol–water partition coefficient (Wildman–Crippen LogP) is 2.35. The minimum absolute atomic E-state index is 0.113. The molecule has 2 aromatic rings. The first-order valence-electron chi connectivity index (χ1n) is 7.21. The Morgan fingerprint density at radius 2 is 1.78 bits per heavy atom. The van der Waals surface area contributed by atoms with Crippen LogP contribution in [0.2, 0.25) is 0 Å². The fraction of sp³-hybridized carbons (Fsp3) is 0.176. The van der Waals surface area contributed by atoms with Crippen molar-refractivity contribution < 1.29 is 9.59 Å². The number of nitriles is 1. The zero-order valence-electron chi connectivity index (χ0n) is 12.7. The van der Waals surface area contributed by atoms with Gasteiger partial charge in [0.15, 0.2) is 0 Å². The van der Waals surface area contributed by atoms with Gasteiger partial charge in [-0.1, -0.05) is 25.1 Å². The van der Waals surface area contributed by atoms with Crippen molar-refractivity contribution in [3.8, 4) is 6.07 Å². The number of hydrogen-bond donors (Lipinski definition) is 2. The van der Waals surface area contributed by atoms with E-state index in [-0.39, 0.29) is 17.3 Å². The number of nitrogens with zero attached hydrogens (tertiary/aromatic N) is 2. The molecule has 1 aromatic carbocycles. The van der Waals surface area contributed by atoms with Gasteiger partial charge in [0.05, 0.1) is 11.3 Å². The van der Waals surface area contributed by atoms with Crippen LogP contribution in [0.1, 0.15) is 39.9 Å². The van der Waals surface area contributed by atoms with Crippen molar-refractivity contribution in [1.29, 1.82) is 5.26 Å². The van der Waals surface area contributed by atoms with Gasteiger partial charge >= 0.3 is 0 Å². The molecule has 0 aliphatic carbocycles. The predicted molar refractivity (Wildman–Crippen MR) is 86.0 cm³/mol. The summed E-state index contributed by atoms with van der Waals surface area (Å²) in [6.45, 7) is 2.50. The number of benzene rings is 1. The normalized spacial score (nSPS) is 9.74. The molecule has 1 aromatic heterocycles. The summed E-state index contributed by atoms with van der Waals surface area (Å²) >= 11 is 0. The number of hydrogen-bond acceptors (Lipinski definition) is 4. The summed E-state index contributed by atoms with van der Waals surface area (Å²) in [5.74, 6) is -0.795. The van der Waals surface area contributed by atoms with Crippen LogP contribution in [-0.2, 0) is 0 Å². The fourth-order valence-corrected chi connectivity index (χ4v) is 1.89. The maximum absolute atomic E-state index is 12.3. The molecule has 0 saturated heterocycles. The van der Waals surface area contributed by atoms with Crippen molar-refractivity contribution in [1.82, 2.24) is 10.3 Å². The van der Waals surface area contributed by atoms with Crippen molar-refractivity contribution in [2.24, 2.45) is 0 Å². The topological polar surface area (TPSA) is 94.9 Å². The lowest BCUT2D eigenvalue weighted by Gasteiger charge is -2.07. The van der Waals surface area contributed by atoms with Crippen LogP contribution < -0.4 is 10.6 Å². The SMILES string of the molecule is CCCNC(=O)c1cccc(C(=O)Nc2ccccc2C#N)n1. The molecule has 0 fully saturated rings. The van der Waals surface area contributed by atoms with E-state index >= 15 is 0 Å². The second kappa shape index (κ2) is 7.71. The Hall–Kier alpha value is -3.20. The Kier molecular flexibility index (Phi) is 5.42. The van der Waals surface area contributed by atoms with Gasteiger partial charge in [0.25, 0.3) is 11.8 Å². The maximum Gasteiger partial charge on any atom is 0.274 e. The number of nitrogens with one attached hydrogen (secondary N) is 2. The van der Waals surface area contributed by atoms with E-state index in [1.807, 2.05) is 13.0 Å². The molecule has 6 nitrogen and oxygen atoms in total. The third kappa shape index (κ3) is 4.14. The van der Waals surface area contributed by atoms with E-state index in [2.05, 4.69) is 15.6 Å². The number of pyridine rings is 1. The molecule has 0 unspecified atom stereocenters. The van der Waals surface area contributed by atoms with E-state index in [1.54, 1.807) is 36.4 Å². The molecule has 23 heavy (non-hydrogen) atoms. The Balaban J connectivity index is 2.17. The van der Waals surface area contributed by atoms with Crippen LogP contribution in [0.4, 0.5) is 5.69 Å². The molecule has 6 heteroatoms. The molecule has 2 amide bonds. The first-order chi connectivity index (χ1) is 11.2. The van der Waals surface area contributed by atoms with E-state index < -0.39 is 5.91 Å². The third-order valence-electron chi connectivity index (χ3n) is 3.05. The van der Waals surface area contributed by atoms with Crippen molar-refractivity contribution in [2.45, 2.75) is 13.3 Å². The molecule has 0 bridgehead atoms. The van der Waals surface area contributed by atoms with Crippen LogP contribution in [0.3, 0.4) is 0 Å². The van der Waals surface area contributed by atoms with Crippen LogP contribution in [0.25, 0.3) is 0 Å². The van der Waals surface area contributed by atoms with Crippen LogP contribution in [0, 0.1) is 11.3 Å². The summed E-state index contributed by atoms with van der Waals surface area (Å²) in [5.41, 5.74) is 1.06. The summed E-state index contributed by atoms with van der Waals surface area (Å²) in [4.78, 5) is 28.2. The monoisotopic (exact) mass is 308 g/mol. The summed E-state index contributed by atoms with van der Waals surface area (Å²) in [6.07, 6.45) is 0.816. The zero-order chi connectivity index (χ0) is 16.7.